The van der Waals surface area contributed by atoms with Gasteiger partial charge in [0.25, 0.3) is 5.69 Å². The third-order valence-corrected chi connectivity index (χ3v) is 3.97. The molecular weight excluding hydrogens is 311 g/mol. The van der Waals surface area contributed by atoms with Crippen molar-refractivity contribution in [1.82, 2.24) is 4.90 Å². The Balaban J connectivity index is 2.26. The standard InChI is InChI=1S/C15H20F3N3O2/c1-2-6-19-7-3-8-20(10-9-19)13-5-4-12(15(16,17)18)11-14(13)21(22)23/h4-5,11H,2-3,6-10H2,1H3. The molecule has 5 nitrogen and oxygen atoms in total. The fraction of sp³-hybridized carbons (Fsp3) is 0.600. The summed E-state index contributed by atoms with van der Waals surface area (Å²) in [6.07, 6.45) is -2.72. The second-order valence-corrected chi connectivity index (χ2v) is 5.64. The normalized spacial score (nSPS) is 17.1. The maximum atomic E-state index is 12.8. The zero-order chi connectivity index (χ0) is 17.0. The molecule has 0 N–H and O–H groups in total. The van der Waals surface area contributed by atoms with Crippen molar-refractivity contribution in [3.8, 4) is 0 Å². The Morgan fingerprint density at radius 1 is 1.22 bits per heavy atom. The number of rotatable bonds is 4. The predicted molar refractivity (Wildman–Crippen MR) is 81.7 cm³/mol. The number of hydrogen-bond acceptors (Lipinski definition) is 4. The van der Waals surface area contributed by atoms with Crippen molar-refractivity contribution in [1.29, 1.82) is 0 Å². The van der Waals surface area contributed by atoms with Crippen LogP contribution in [0.3, 0.4) is 0 Å². The molecule has 0 aliphatic carbocycles. The van der Waals surface area contributed by atoms with Gasteiger partial charge in [0.1, 0.15) is 5.69 Å². The van der Waals surface area contributed by atoms with Crippen molar-refractivity contribution in [2.45, 2.75) is 25.9 Å². The largest absolute Gasteiger partial charge is 0.416 e. The number of benzene rings is 1. The van der Waals surface area contributed by atoms with E-state index in [9.17, 15) is 23.3 Å². The van der Waals surface area contributed by atoms with Gasteiger partial charge in [-0.15, -0.1) is 0 Å². The SMILES string of the molecule is CCCN1CCCN(c2ccc(C(F)(F)F)cc2[N+](=O)[O-])CC1. The van der Waals surface area contributed by atoms with E-state index in [4.69, 9.17) is 0 Å². The van der Waals surface area contributed by atoms with Crippen molar-refractivity contribution in [2.75, 3.05) is 37.6 Å². The summed E-state index contributed by atoms with van der Waals surface area (Å²) in [5, 5.41) is 11.2. The molecule has 0 unspecified atom stereocenters. The van der Waals surface area contributed by atoms with Crippen molar-refractivity contribution in [2.24, 2.45) is 0 Å². The summed E-state index contributed by atoms with van der Waals surface area (Å²) in [6.45, 7) is 5.88. The molecular formula is C15H20F3N3O2. The van der Waals surface area contributed by atoms with Gasteiger partial charge in [-0.05, 0) is 38.1 Å². The first-order valence-electron chi connectivity index (χ1n) is 7.66. The number of hydrogen-bond donors (Lipinski definition) is 0. The number of nitro benzene ring substituents is 1. The molecule has 1 heterocycles. The Hall–Kier alpha value is -1.83. The summed E-state index contributed by atoms with van der Waals surface area (Å²) in [5.41, 5.74) is -1.21. The minimum absolute atomic E-state index is 0.265. The lowest BCUT2D eigenvalue weighted by Crippen LogP contribution is -2.31. The number of alkyl halides is 3. The highest BCUT2D eigenvalue weighted by atomic mass is 19.4. The number of halogens is 3. The Morgan fingerprint density at radius 3 is 2.57 bits per heavy atom. The van der Waals surface area contributed by atoms with Crippen molar-refractivity contribution >= 4 is 11.4 Å². The molecule has 0 saturated carbocycles. The quantitative estimate of drug-likeness (QED) is 0.625. The molecule has 1 aromatic carbocycles. The van der Waals surface area contributed by atoms with Crippen LogP contribution in [0.5, 0.6) is 0 Å². The van der Waals surface area contributed by atoms with Crippen molar-refractivity contribution in [3.05, 3.63) is 33.9 Å². The minimum atomic E-state index is -4.58. The highest BCUT2D eigenvalue weighted by molar-refractivity contribution is 5.64. The van der Waals surface area contributed by atoms with Crippen LogP contribution in [0.1, 0.15) is 25.3 Å². The predicted octanol–water partition coefficient (Wildman–Crippen LogP) is 3.54. The average Bonchev–Trinajstić information content (AvgIpc) is 2.71. The van der Waals surface area contributed by atoms with Crippen LogP contribution >= 0.6 is 0 Å². The van der Waals surface area contributed by atoms with Crippen LogP contribution in [-0.4, -0.2) is 42.5 Å². The van der Waals surface area contributed by atoms with Gasteiger partial charge in [-0.25, -0.2) is 0 Å². The lowest BCUT2D eigenvalue weighted by Gasteiger charge is -2.23. The van der Waals surface area contributed by atoms with Crippen LogP contribution < -0.4 is 4.90 Å². The second-order valence-electron chi connectivity index (χ2n) is 5.64. The van der Waals surface area contributed by atoms with Gasteiger partial charge in [-0.2, -0.15) is 13.2 Å². The number of nitro groups is 1. The number of anilines is 1. The van der Waals surface area contributed by atoms with Gasteiger partial charge in [0.15, 0.2) is 0 Å². The fourth-order valence-electron chi connectivity index (χ4n) is 2.87. The smallest absolute Gasteiger partial charge is 0.365 e. The molecule has 1 aromatic rings. The molecule has 1 saturated heterocycles. The molecule has 2 rings (SSSR count). The van der Waals surface area contributed by atoms with Gasteiger partial charge in [-0.1, -0.05) is 6.92 Å². The van der Waals surface area contributed by atoms with E-state index < -0.39 is 22.4 Å². The summed E-state index contributed by atoms with van der Waals surface area (Å²) in [6, 6.07) is 2.76. The fourth-order valence-corrected chi connectivity index (χ4v) is 2.87. The Bertz CT molecular complexity index is 563. The Morgan fingerprint density at radius 2 is 1.96 bits per heavy atom. The van der Waals surface area contributed by atoms with Crippen LogP contribution in [0.4, 0.5) is 24.5 Å². The summed E-state index contributed by atoms with van der Waals surface area (Å²) in [4.78, 5) is 14.5. The molecule has 0 aromatic heterocycles. The Kier molecular flexibility index (Phi) is 5.46. The molecule has 0 atom stereocenters. The van der Waals surface area contributed by atoms with Crippen molar-refractivity contribution in [3.63, 3.8) is 0 Å². The third kappa shape index (κ3) is 4.34. The first-order chi connectivity index (χ1) is 10.8. The maximum absolute atomic E-state index is 12.8. The van der Waals surface area contributed by atoms with Crippen LogP contribution in [0, 0.1) is 10.1 Å². The first kappa shape index (κ1) is 17.5. The van der Waals surface area contributed by atoms with Gasteiger partial charge in [0.05, 0.1) is 10.5 Å². The van der Waals surface area contributed by atoms with Crippen LogP contribution in [0.25, 0.3) is 0 Å². The van der Waals surface area contributed by atoms with Gasteiger partial charge in [0.2, 0.25) is 0 Å². The third-order valence-electron chi connectivity index (χ3n) is 3.97. The topological polar surface area (TPSA) is 49.6 Å². The molecule has 1 aliphatic rings. The molecule has 1 aliphatic heterocycles. The van der Waals surface area contributed by atoms with Crippen LogP contribution in [-0.2, 0) is 6.18 Å². The molecule has 8 heteroatoms. The zero-order valence-corrected chi connectivity index (χ0v) is 13.0. The zero-order valence-electron chi connectivity index (χ0n) is 13.0. The summed E-state index contributed by atoms with van der Waals surface area (Å²) in [5.74, 6) is 0. The van der Waals surface area contributed by atoms with Crippen LogP contribution in [0.15, 0.2) is 18.2 Å². The van der Waals surface area contributed by atoms with Gasteiger partial charge in [-0.3, -0.25) is 10.1 Å². The maximum Gasteiger partial charge on any atom is 0.416 e. The summed E-state index contributed by atoms with van der Waals surface area (Å²) in [7, 11) is 0. The molecule has 0 amide bonds. The lowest BCUT2D eigenvalue weighted by atomic mass is 10.1. The van der Waals surface area contributed by atoms with Crippen molar-refractivity contribution < 1.29 is 18.1 Å². The monoisotopic (exact) mass is 331 g/mol. The molecule has 0 bridgehead atoms. The molecule has 128 valence electrons. The molecule has 1 fully saturated rings. The van der Waals surface area contributed by atoms with E-state index in [1.807, 2.05) is 4.90 Å². The van der Waals surface area contributed by atoms with E-state index in [1.54, 1.807) is 0 Å². The van der Waals surface area contributed by atoms with E-state index in [2.05, 4.69) is 11.8 Å². The highest BCUT2D eigenvalue weighted by Gasteiger charge is 2.34. The molecule has 0 radical (unpaired) electrons. The van der Waals surface area contributed by atoms with Gasteiger partial charge < -0.3 is 9.80 Å². The minimum Gasteiger partial charge on any atom is -0.365 e. The Labute approximate surface area is 132 Å². The second kappa shape index (κ2) is 7.16. The van der Waals surface area contributed by atoms with E-state index in [0.717, 1.165) is 38.5 Å². The lowest BCUT2D eigenvalue weighted by molar-refractivity contribution is -0.384. The summed E-state index contributed by atoms with van der Waals surface area (Å²) >= 11 is 0. The average molecular weight is 331 g/mol. The molecule has 0 spiro atoms. The number of nitrogens with zero attached hydrogens (tertiary/aromatic N) is 3. The van der Waals surface area contributed by atoms with Gasteiger partial charge >= 0.3 is 6.18 Å². The highest BCUT2D eigenvalue weighted by Crippen LogP contribution is 2.36. The first-order valence-corrected chi connectivity index (χ1v) is 7.66. The van der Waals surface area contributed by atoms with Crippen LogP contribution in [0.2, 0.25) is 0 Å². The van der Waals surface area contributed by atoms with E-state index in [-0.39, 0.29) is 5.69 Å². The van der Waals surface area contributed by atoms with E-state index in [0.29, 0.717) is 19.2 Å². The summed E-state index contributed by atoms with van der Waals surface area (Å²) < 4.78 is 38.3. The molecule has 23 heavy (non-hydrogen) atoms. The van der Waals surface area contributed by atoms with Gasteiger partial charge in [0, 0.05) is 25.7 Å². The van der Waals surface area contributed by atoms with E-state index in [1.165, 1.54) is 6.07 Å². The van der Waals surface area contributed by atoms with E-state index >= 15 is 0 Å².